The Morgan fingerprint density at radius 3 is 1.96 bits per heavy atom. The van der Waals surface area contributed by atoms with Crippen molar-refractivity contribution in [2.45, 2.75) is 116 Å². The minimum Gasteiger partial charge on any atom is -0.444 e. The molecule has 0 radical (unpaired) electrons. The molecule has 3 aromatic carbocycles. The van der Waals surface area contributed by atoms with Gasteiger partial charge in [-0.2, -0.15) is 0 Å². The molecule has 0 bridgehead atoms. The van der Waals surface area contributed by atoms with Crippen LogP contribution >= 0.6 is 0 Å². The Morgan fingerprint density at radius 1 is 0.709 bits per heavy atom. The predicted octanol–water partition coefficient (Wildman–Crippen LogP) is 10.5. The van der Waals surface area contributed by atoms with Crippen LogP contribution in [-0.4, -0.2) is 66.2 Å². The van der Waals surface area contributed by atoms with Gasteiger partial charge < -0.3 is 19.4 Å². The molecular weight excluding hydrogens is 689 g/mol. The summed E-state index contributed by atoms with van der Waals surface area (Å²) in [5.74, 6) is 2.93. The first-order valence-corrected chi connectivity index (χ1v) is 20.1. The molecule has 2 aromatic heterocycles. The number of likely N-dealkylation sites (tertiary alicyclic amines) is 2. The Morgan fingerprint density at radius 2 is 1.33 bits per heavy atom. The van der Waals surface area contributed by atoms with Crippen molar-refractivity contribution in [3.63, 3.8) is 0 Å². The van der Waals surface area contributed by atoms with Crippen LogP contribution in [-0.2, 0) is 15.9 Å². The summed E-state index contributed by atoms with van der Waals surface area (Å²) in [6, 6.07) is 19.8. The van der Waals surface area contributed by atoms with Gasteiger partial charge in [0, 0.05) is 13.1 Å². The van der Waals surface area contributed by atoms with Crippen LogP contribution in [0.4, 0.5) is 9.59 Å². The minimum atomic E-state index is -0.541. The first-order chi connectivity index (χ1) is 26.3. The van der Waals surface area contributed by atoms with Crippen LogP contribution in [0.2, 0.25) is 0 Å². The molecule has 2 aliphatic carbocycles. The van der Waals surface area contributed by atoms with Crippen molar-refractivity contribution in [3.8, 4) is 33.5 Å². The molecule has 0 spiro atoms. The number of benzene rings is 3. The van der Waals surface area contributed by atoms with Gasteiger partial charge in [0.05, 0.1) is 35.0 Å². The van der Waals surface area contributed by atoms with Crippen LogP contribution < -0.4 is 0 Å². The number of nitrogens with one attached hydrogen (secondary N) is 2. The number of H-pyrrole nitrogens is 2. The zero-order valence-corrected chi connectivity index (χ0v) is 32.9. The topological polar surface area (TPSA) is 116 Å². The van der Waals surface area contributed by atoms with E-state index >= 15 is 0 Å². The van der Waals surface area contributed by atoms with Gasteiger partial charge in [-0.3, -0.25) is 9.80 Å². The summed E-state index contributed by atoms with van der Waals surface area (Å²) in [4.78, 5) is 46.4. The third-order valence-corrected chi connectivity index (χ3v) is 11.9. The highest BCUT2D eigenvalue weighted by atomic mass is 16.6. The third-order valence-electron chi connectivity index (χ3n) is 11.9. The fourth-order valence-corrected chi connectivity index (χ4v) is 9.30. The Labute approximate surface area is 323 Å². The van der Waals surface area contributed by atoms with Crippen LogP contribution in [0.15, 0.2) is 60.8 Å². The van der Waals surface area contributed by atoms with Gasteiger partial charge in [-0.05, 0) is 149 Å². The fraction of sp³-hybridized carbons (Fsp3) is 0.467. The maximum Gasteiger partial charge on any atom is 0.410 e. The van der Waals surface area contributed by atoms with Crippen molar-refractivity contribution in [1.29, 1.82) is 0 Å². The molecule has 4 atom stereocenters. The summed E-state index contributed by atoms with van der Waals surface area (Å²) in [6.45, 7) is 12.8. The molecule has 2 saturated heterocycles. The average Bonchev–Trinajstić information content (AvgIpc) is 3.96. The van der Waals surface area contributed by atoms with E-state index in [1.165, 1.54) is 46.2 Å². The van der Waals surface area contributed by atoms with E-state index in [9.17, 15) is 9.59 Å². The van der Waals surface area contributed by atoms with Gasteiger partial charge in [0.15, 0.2) is 0 Å². The van der Waals surface area contributed by atoms with E-state index in [0.29, 0.717) is 24.9 Å². The second-order valence-electron chi connectivity index (χ2n) is 18.0. The first-order valence-electron chi connectivity index (χ1n) is 20.1. The second-order valence-corrected chi connectivity index (χ2v) is 18.0. The summed E-state index contributed by atoms with van der Waals surface area (Å²) < 4.78 is 11.4. The molecule has 4 aliphatic rings. The summed E-state index contributed by atoms with van der Waals surface area (Å²) in [7, 11) is 0. The number of carbonyl (C=O) groups is 2. The molecule has 10 heteroatoms. The second kappa shape index (κ2) is 13.3. The van der Waals surface area contributed by atoms with Crippen molar-refractivity contribution in [2.24, 2.45) is 5.92 Å². The lowest BCUT2D eigenvalue weighted by Crippen LogP contribution is -2.36. The van der Waals surface area contributed by atoms with Crippen molar-refractivity contribution in [1.82, 2.24) is 29.7 Å². The normalized spacial score (nSPS) is 22.1. The number of hydrogen-bond acceptors (Lipinski definition) is 6. The third kappa shape index (κ3) is 6.67. The zero-order chi connectivity index (χ0) is 38.2. The molecule has 2 aliphatic heterocycles. The average molecular weight is 741 g/mol. The van der Waals surface area contributed by atoms with Crippen molar-refractivity contribution < 1.29 is 19.1 Å². The van der Waals surface area contributed by atoms with E-state index in [4.69, 9.17) is 19.4 Å². The maximum atomic E-state index is 13.0. The van der Waals surface area contributed by atoms with E-state index in [2.05, 4.69) is 64.6 Å². The van der Waals surface area contributed by atoms with Crippen molar-refractivity contribution in [2.75, 3.05) is 13.1 Å². The summed E-state index contributed by atoms with van der Waals surface area (Å²) in [5, 5.41) is 0. The fourth-order valence-electron chi connectivity index (χ4n) is 9.30. The molecule has 5 aromatic rings. The zero-order valence-electron chi connectivity index (χ0n) is 32.9. The number of carbonyl (C=O) groups excluding carboxylic acids is 2. The highest BCUT2D eigenvalue weighted by Gasteiger charge is 2.42. The number of ether oxygens (including phenoxy) is 2. The lowest BCUT2D eigenvalue weighted by Gasteiger charge is -2.31. The quantitative estimate of drug-likeness (QED) is 0.185. The van der Waals surface area contributed by atoms with E-state index < -0.39 is 11.2 Å². The molecule has 286 valence electrons. The Balaban J connectivity index is 0.969. The predicted molar refractivity (Wildman–Crippen MR) is 214 cm³/mol. The van der Waals surface area contributed by atoms with E-state index in [1.807, 2.05) is 52.6 Å². The van der Waals surface area contributed by atoms with Crippen molar-refractivity contribution in [3.05, 3.63) is 83.6 Å². The van der Waals surface area contributed by atoms with Gasteiger partial charge >= 0.3 is 12.2 Å². The number of imidazole rings is 2. The standard InChI is InChI=1S/C45H52N6O4/c1-44(2,3)54-42(52)50-21-7-9-37(50)40-46-25-36(49-40)27-13-11-26(12-14-27)31-19-18-30(33-23-28-15-17-32(28)39(31)33)29-16-20-34-35(24-29)48-41(47-34)38-10-8-22-51(38)43(53)55-45(4,5)6/h11-14,16,18-20,24-25,28,32,37-38H,7-10,15,17,21-23H2,1-6H3,(H,46,49)(H,47,48)/t28?,32?,37-,38-/m0/s1. The molecule has 9 rings (SSSR count). The van der Waals surface area contributed by atoms with Gasteiger partial charge in [-0.1, -0.05) is 42.5 Å². The van der Waals surface area contributed by atoms with Crippen molar-refractivity contribution >= 4 is 23.2 Å². The smallest absolute Gasteiger partial charge is 0.410 e. The van der Waals surface area contributed by atoms with Gasteiger partial charge in [-0.15, -0.1) is 0 Å². The van der Waals surface area contributed by atoms with Gasteiger partial charge in [0.2, 0.25) is 0 Å². The Hall–Kier alpha value is -5.12. The number of nitrogens with zero attached hydrogens (tertiary/aromatic N) is 4. The Kier molecular flexibility index (Phi) is 8.59. The molecule has 2 unspecified atom stereocenters. The molecule has 2 amide bonds. The monoisotopic (exact) mass is 740 g/mol. The minimum absolute atomic E-state index is 0.114. The van der Waals surface area contributed by atoms with Gasteiger partial charge in [0.1, 0.15) is 22.9 Å². The molecule has 1 saturated carbocycles. The lowest BCUT2D eigenvalue weighted by molar-refractivity contribution is 0.0208. The van der Waals surface area contributed by atoms with Gasteiger partial charge in [-0.25, -0.2) is 19.6 Å². The number of rotatable bonds is 5. The SMILES string of the molecule is CC(C)(C)OC(=O)N1CCC[C@H]1c1ncc(-c2ccc(-c3ccc(-c4ccc5nc([C@@H]6CCCN6C(=O)OC(C)(C)C)[nH]c5c4)c4c3C3CCC3C4)cc2)[nH]1. The van der Waals surface area contributed by atoms with E-state index in [1.54, 1.807) is 4.90 Å². The number of hydrogen-bond donors (Lipinski definition) is 2. The summed E-state index contributed by atoms with van der Waals surface area (Å²) >= 11 is 0. The lowest BCUT2D eigenvalue weighted by atomic mass is 9.73. The number of aromatic amines is 2. The summed E-state index contributed by atoms with van der Waals surface area (Å²) in [6.07, 6.45) is 8.53. The van der Waals surface area contributed by atoms with Gasteiger partial charge in [0.25, 0.3) is 0 Å². The highest BCUT2D eigenvalue weighted by molar-refractivity contribution is 5.86. The van der Waals surface area contributed by atoms with Crippen LogP contribution in [0.3, 0.4) is 0 Å². The van der Waals surface area contributed by atoms with Crippen LogP contribution in [0.5, 0.6) is 0 Å². The highest BCUT2D eigenvalue weighted by Crippen LogP contribution is 2.56. The number of amides is 2. The first kappa shape index (κ1) is 35.6. The Bertz CT molecular complexity index is 2270. The number of fused-ring (bicyclic) bond motifs is 4. The maximum absolute atomic E-state index is 13.0. The molecule has 2 N–H and O–H groups in total. The molecule has 10 nitrogen and oxygen atoms in total. The molecule has 55 heavy (non-hydrogen) atoms. The van der Waals surface area contributed by atoms with E-state index in [-0.39, 0.29) is 24.3 Å². The molecular formula is C45H52N6O4. The van der Waals surface area contributed by atoms with E-state index in [0.717, 1.165) is 66.0 Å². The largest absolute Gasteiger partial charge is 0.444 e. The van der Waals surface area contributed by atoms with Crippen LogP contribution in [0, 0.1) is 5.92 Å². The van der Waals surface area contributed by atoms with Crippen LogP contribution in [0.25, 0.3) is 44.5 Å². The summed E-state index contributed by atoms with van der Waals surface area (Å²) in [5.41, 5.74) is 10.9. The number of aromatic nitrogens is 4. The van der Waals surface area contributed by atoms with Crippen LogP contribution in [0.1, 0.15) is 121 Å². The molecule has 4 heterocycles. The molecule has 3 fully saturated rings.